The van der Waals surface area contributed by atoms with Crippen molar-refractivity contribution in [3.8, 4) is 0 Å². The fourth-order valence-corrected chi connectivity index (χ4v) is 3.33. The van der Waals surface area contributed by atoms with Crippen LogP contribution in [0, 0.1) is 13.8 Å². The van der Waals surface area contributed by atoms with Crippen LogP contribution < -0.4 is 11.3 Å². The summed E-state index contributed by atoms with van der Waals surface area (Å²) in [5.74, 6) is 0. The van der Waals surface area contributed by atoms with Crippen molar-refractivity contribution in [2.24, 2.45) is 19.2 Å². The molecule has 0 saturated heterocycles. The molecule has 0 fully saturated rings. The highest BCUT2D eigenvalue weighted by Crippen LogP contribution is 2.17. The standard InChI is InChI=1S/C5H7ClN2O2S.C5H9N3O2S.H3N.H2O/c2*1-4-5(11(6,9)10)3-7-8(4)2;;/h3H,1-2H3;3H,1-2H3,(H2,6,9,10);1H3;1H2. The monoisotopic (exact) mass is 404 g/mol. The van der Waals surface area contributed by atoms with Crippen LogP contribution in [0.3, 0.4) is 0 Å². The van der Waals surface area contributed by atoms with E-state index in [1.54, 1.807) is 27.9 Å². The van der Waals surface area contributed by atoms with Crippen molar-refractivity contribution in [2.45, 2.75) is 23.6 Å². The molecule has 0 unspecified atom stereocenters. The normalized spacial score (nSPS) is 10.9. The van der Waals surface area contributed by atoms with Crippen LogP contribution in [0.1, 0.15) is 11.4 Å². The number of hydrogen-bond donors (Lipinski definition) is 2. The van der Waals surface area contributed by atoms with Gasteiger partial charge in [0.25, 0.3) is 9.05 Å². The van der Waals surface area contributed by atoms with Gasteiger partial charge in [0, 0.05) is 24.8 Å². The van der Waals surface area contributed by atoms with E-state index in [-0.39, 0.29) is 21.4 Å². The van der Waals surface area contributed by atoms with E-state index in [1.807, 2.05) is 0 Å². The summed E-state index contributed by atoms with van der Waals surface area (Å²) in [5, 5.41) is 12.4. The van der Waals surface area contributed by atoms with E-state index >= 15 is 0 Å². The van der Waals surface area contributed by atoms with Gasteiger partial charge in [-0.15, -0.1) is 0 Å². The molecule has 0 saturated carbocycles. The van der Waals surface area contributed by atoms with Crippen LogP contribution in [-0.2, 0) is 33.2 Å². The molecular formula is C10H21ClN6O5S2. The van der Waals surface area contributed by atoms with Crippen molar-refractivity contribution >= 4 is 29.8 Å². The molecule has 24 heavy (non-hydrogen) atoms. The fourth-order valence-electron chi connectivity index (χ4n) is 1.48. The minimum atomic E-state index is -3.62. The molecule has 0 spiro atoms. The molecule has 2 rings (SSSR count). The summed E-state index contributed by atoms with van der Waals surface area (Å²) < 4.78 is 46.1. The van der Waals surface area contributed by atoms with Crippen molar-refractivity contribution in [1.29, 1.82) is 0 Å². The molecule has 14 heteroatoms. The SMILES string of the molecule is Cc1c(S(=O)(=O)Cl)cnn1C.Cc1c(S(N)(=O)=O)cnn1C.N.O. The number of rotatable bonds is 2. The van der Waals surface area contributed by atoms with E-state index in [2.05, 4.69) is 10.2 Å². The summed E-state index contributed by atoms with van der Waals surface area (Å²) in [6.07, 6.45) is 2.47. The molecule has 0 aliphatic heterocycles. The van der Waals surface area contributed by atoms with Gasteiger partial charge in [-0.3, -0.25) is 9.36 Å². The van der Waals surface area contributed by atoms with Crippen molar-refractivity contribution in [3.63, 3.8) is 0 Å². The Kier molecular flexibility index (Phi) is 8.81. The van der Waals surface area contributed by atoms with Crippen LogP contribution in [0.4, 0.5) is 0 Å². The van der Waals surface area contributed by atoms with Gasteiger partial charge in [0.05, 0.1) is 23.8 Å². The average molecular weight is 405 g/mol. The van der Waals surface area contributed by atoms with Gasteiger partial charge in [0.15, 0.2) is 0 Å². The lowest BCUT2D eigenvalue weighted by atomic mass is 10.5. The van der Waals surface area contributed by atoms with Crippen LogP contribution in [0.15, 0.2) is 22.2 Å². The van der Waals surface area contributed by atoms with Gasteiger partial charge in [-0.25, -0.2) is 22.0 Å². The van der Waals surface area contributed by atoms with Crippen LogP contribution in [0.2, 0.25) is 0 Å². The first-order chi connectivity index (χ1) is 9.85. The number of sulfonamides is 1. The molecule has 0 radical (unpaired) electrons. The first-order valence-electron chi connectivity index (χ1n) is 5.80. The molecule has 0 aliphatic rings. The number of hydrogen-bond acceptors (Lipinski definition) is 7. The molecular weight excluding hydrogens is 384 g/mol. The maximum absolute atomic E-state index is 10.8. The van der Waals surface area contributed by atoms with Crippen molar-refractivity contribution in [2.75, 3.05) is 0 Å². The Balaban J connectivity index is 0. The van der Waals surface area contributed by atoms with E-state index < -0.39 is 19.1 Å². The Bertz CT molecular complexity index is 813. The molecule has 7 N–H and O–H groups in total. The van der Waals surface area contributed by atoms with Crippen molar-refractivity contribution < 1.29 is 22.3 Å². The van der Waals surface area contributed by atoms with Gasteiger partial charge >= 0.3 is 0 Å². The fraction of sp³-hybridized carbons (Fsp3) is 0.400. The predicted octanol–water partition coefficient (Wildman–Crippen LogP) is -0.631. The minimum absolute atomic E-state index is 0. The summed E-state index contributed by atoms with van der Waals surface area (Å²) in [4.78, 5) is 0.154. The lowest BCUT2D eigenvalue weighted by Crippen LogP contribution is -2.12. The molecule has 0 aliphatic carbocycles. The third kappa shape index (κ3) is 5.85. The average Bonchev–Trinajstić information content (AvgIpc) is 2.84. The number of nitrogens with zero attached hydrogens (tertiary/aromatic N) is 4. The van der Waals surface area contributed by atoms with Crippen LogP contribution >= 0.6 is 10.7 Å². The van der Waals surface area contributed by atoms with Crippen LogP contribution in [0.25, 0.3) is 0 Å². The van der Waals surface area contributed by atoms with Crippen LogP contribution in [-0.4, -0.2) is 41.9 Å². The molecule has 0 bridgehead atoms. The minimum Gasteiger partial charge on any atom is -0.412 e. The van der Waals surface area contributed by atoms with Gasteiger partial charge in [0.2, 0.25) is 10.0 Å². The topological polar surface area (TPSA) is 196 Å². The molecule has 11 nitrogen and oxygen atoms in total. The van der Waals surface area contributed by atoms with Crippen molar-refractivity contribution in [3.05, 3.63) is 23.8 Å². The van der Waals surface area contributed by atoms with Gasteiger partial charge in [-0.1, -0.05) is 0 Å². The summed E-state index contributed by atoms with van der Waals surface area (Å²) in [7, 11) is 1.19. The molecule has 2 heterocycles. The van der Waals surface area contributed by atoms with Crippen LogP contribution in [0.5, 0.6) is 0 Å². The Hall–Kier alpha value is -1.51. The number of aromatic nitrogens is 4. The Morgan fingerprint density at radius 2 is 1.29 bits per heavy atom. The second-order valence-electron chi connectivity index (χ2n) is 4.42. The third-order valence-corrected chi connectivity index (χ3v) is 5.39. The Morgan fingerprint density at radius 3 is 1.42 bits per heavy atom. The zero-order valence-electron chi connectivity index (χ0n) is 13.6. The van der Waals surface area contributed by atoms with Gasteiger partial charge in [0.1, 0.15) is 9.79 Å². The molecule has 0 amide bonds. The summed E-state index contributed by atoms with van der Waals surface area (Å²) >= 11 is 0. The highest BCUT2D eigenvalue weighted by atomic mass is 35.7. The molecule has 140 valence electrons. The van der Waals surface area contributed by atoms with E-state index in [1.165, 1.54) is 21.8 Å². The summed E-state index contributed by atoms with van der Waals surface area (Å²) in [6.45, 7) is 3.29. The van der Waals surface area contributed by atoms with E-state index in [0.717, 1.165) is 0 Å². The number of nitrogens with two attached hydrogens (primary N) is 1. The van der Waals surface area contributed by atoms with Gasteiger partial charge in [-0.05, 0) is 13.8 Å². The molecule has 0 aromatic carbocycles. The molecule has 2 aromatic heterocycles. The highest BCUT2D eigenvalue weighted by Gasteiger charge is 2.16. The predicted molar refractivity (Wildman–Crippen MR) is 88.9 cm³/mol. The van der Waals surface area contributed by atoms with Crippen molar-refractivity contribution in [1.82, 2.24) is 25.7 Å². The summed E-state index contributed by atoms with van der Waals surface area (Å²) in [6, 6.07) is 0. The molecule has 0 atom stereocenters. The number of primary sulfonamides is 1. The lowest BCUT2D eigenvalue weighted by molar-refractivity contribution is 0.596. The quantitative estimate of drug-likeness (QED) is 0.620. The smallest absolute Gasteiger partial charge is 0.264 e. The van der Waals surface area contributed by atoms with Gasteiger partial charge < -0.3 is 11.6 Å². The first kappa shape index (κ1) is 24.7. The van der Waals surface area contributed by atoms with Gasteiger partial charge in [-0.2, -0.15) is 10.2 Å². The largest absolute Gasteiger partial charge is 0.412 e. The summed E-state index contributed by atoms with van der Waals surface area (Å²) in [5.41, 5.74) is 1.09. The second kappa shape index (κ2) is 8.55. The maximum Gasteiger partial charge on any atom is 0.264 e. The Labute approximate surface area is 144 Å². The van der Waals surface area contributed by atoms with E-state index in [4.69, 9.17) is 15.8 Å². The Morgan fingerprint density at radius 1 is 0.958 bits per heavy atom. The van der Waals surface area contributed by atoms with E-state index in [9.17, 15) is 16.8 Å². The number of halogens is 1. The third-order valence-electron chi connectivity index (χ3n) is 2.95. The first-order valence-corrected chi connectivity index (χ1v) is 9.66. The van der Waals surface area contributed by atoms with E-state index in [0.29, 0.717) is 11.4 Å². The lowest BCUT2D eigenvalue weighted by Gasteiger charge is -1.95. The second-order valence-corrected chi connectivity index (χ2v) is 8.48. The molecule has 2 aromatic rings. The zero-order valence-corrected chi connectivity index (χ0v) is 15.9. The zero-order chi connectivity index (χ0) is 17.3. The highest BCUT2D eigenvalue weighted by molar-refractivity contribution is 8.13. The maximum atomic E-state index is 10.8. The number of aryl methyl sites for hydroxylation is 2.